The molecule has 2 rings (SSSR count). The van der Waals surface area contributed by atoms with Crippen LogP contribution in [-0.2, 0) is 0 Å². The van der Waals surface area contributed by atoms with Gasteiger partial charge in [-0.05, 0) is 24.3 Å². The molecule has 0 aliphatic heterocycles. The first kappa shape index (κ1) is 20.9. The van der Waals surface area contributed by atoms with E-state index in [9.17, 15) is 25.1 Å². The van der Waals surface area contributed by atoms with Gasteiger partial charge in [-0.15, -0.1) is 5.01 Å². The van der Waals surface area contributed by atoms with E-state index in [-0.39, 0.29) is 21.9 Å². The van der Waals surface area contributed by atoms with Crippen LogP contribution in [0.1, 0.15) is 15.9 Å². The van der Waals surface area contributed by atoms with Gasteiger partial charge < -0.3 is 14.9 Å². The number of rotatable bonds is 8. The first-order valence-electron chi connectivity index (χ1n) is 8.06. The molecule has 0 saturated carbocycles. The summed E-state index contributed by atoms with van der Waals surface area (Å²) in [5.74, 6) is -1.47. The molecule has 0 heterocycles. The predicted octanol–water partition coefficient (Wildman–Crippen LogP) is 1.78. The summed E-state index contributed by atoms with van der Waals surface area (Å²) in [6, 6.07) is 9.92. The normalized spacial score (nSPS) is 9.72. The van der Waals surface area contributed by atoms with E-state index in [1.807, 2.05) is 5.59 Å². The van der Waals surface area contributed by atoms with Crippen molar-refractivity contribution < 1.29 is 24.3 Å². The van der Waals surface area contributed by atoms with Crippen LogP contribution in [0, 0.1) is 26.4 Å². The van der Waals surface area contributed by atoms with Crippen LogP contribution >= 0.6 is 0 Å². The Morgan fingerprint density at radius 2 is 1.83 bits per heavy atom. The third-order valence-corrected chi connectivity index (χ3v) is 3.59. The van der Waals surface area contributed by atoms with E-state index in [1.165, 1.54) is 26.2 Å². The minimum Gasteiger partial charge on any atom is -0.421 e. The van der Waals surface area contributed by atoms with Gasteiger partial charge in [-0.3, -0.25) is 10.1 Å². The number of nitriles is 1. The number of nitrogens with one attached hydrogen (secondary N) is 2. The second-order valence-electron chi connectivity index (χ2n) is 5.72. The summed E-state index contributed by atoms with van der Waals surface area (Å²) in [5, 5.41) is 24.5. The number of ether oxygens (including phenoxy) is 1. The van der Waals surface area contributed by atoms with Crippen molar-refractivity contribution in [3.05, 3.63) is 62.5 Å². The number of carbonyl (C=O) groups excluding carboxylic acids is 1. The predicted molar refractivity (Wildman–Crippen MR) is 99.8 cm³/mol. The van der Waals surface area contributed by atoms with E-state index >= 15 is 0 Å². The van der Waals surface area contributed by atoms with Gasteiger partial charge in [0.1, 0.15) is 11.6 Å². The summed E-state index contributed by atoms with van der Waals surface area (Å²) >= 11 is 0. The third kappa shape index (κ3) is 5.07. The molecule has 0 bridgehead atoms. The van der Waals surface area contributed by atoms with Gasteiger partial charge in [-0.1, -0.05) is 0 Å². The summed E-state index contributed by atoms with van der Waals surface area (Å²) < 4.78 is 5.21. The lowest BCUT2D eigenvalue weighted by Crippen LogP contribution is -2.39. The van der Waals surface area contributed by atoms with Crippen molar-refractivity contribution in [2.45, 2.75) is 0 Å². The summed E-state index contributed by atoms with van der Waals surface area (Å²) in [6.07, 6.45) is 0. The van der Waals surface area contributed by atoms with E-state index in [2.05, 4.69) is 5.32 Å². The fourth-order valence-electron chi connectivity index (χ4n) is 2.05. The third-order valence-electron chi connectivity index (χ3n) is 3.59. The highest BCUT2D eigenvalue weighted by molar-refractivity contribution is 5.91. The Hall–Kier alpha value is -4.40. The van der Waals surface area contributed by atoms with E-state index in [1.54, 1.807) is 25.2 Å². The molecule has 2 aromatic rings. The second-order valence-corrected chi connectivity index (χ2v) is 5.72. The SMILES string of the molecule is CNc1ccc(C(=O)Oc2cc(ON[N+](=O)N(C)C)c([N+](=O)[O-])cc2C#N)cc1. The first-order valence-corrected chi connectivity index (χ1v) is 8.06. The number of hydrogen-bond acceptors (Lipinski definition) is 8. The number of nitro benzene ring substituents is 1. The Morgan fingerprint density at radius 1 is 1.17 bits per heavy atom. The molecule has 0 saturated heterocycles. The fraction of sp³-hybridized carbons (Fsp3) is 0.176. The maximum absolute atomic E-state index is 12.4. The minimum absolute atomic E-state index is 0.164. The molecule has 2 N–H and O–H groups in total. The molecule has 0 fully saturated rings. The molecule has 0 amide bonds. The Balaban J connectivity index is 2.35. The molecule has 29 heavy (non-hydrogen) atoms. The molecule has 0 aromatic heterocycles. The molecule has 150 valence electrons. The number of nitrogens with zero attached hydrogens (tertiary/aromatic N) is 4. The Kier molecular flexibility index (Phi) is 6.49. The zero-order chi connectivity index (χ0) is 21.6. The van der Waals surface area contributed by atoms with E-state index in [0.29, 0.717) is 0 Å². The number of hydrogen-bond donors (Lipinski definition) is 2. The Morgan fingerprint density at radius 3 is 2.34 bits per heavy atom. The highest BCUT2D eigenvalue weighted by Gasteiger charge is 2.25. The van der Waals surface area contributed by atoms with Crippen molar-refractivity contribution in [1.82, 2.24) is 10.6 Å². The van der Waals surface area contributed by atoms with Crippen LogP contribution in [0.3, 0.4) is 0 Å². The molecular weight excluding hydrogens is 384 g/mol. The van der Waals surface area contributed by atoms with Gasteiger partial charge >= 0.3 is 11.7 Å². The molecular formula is C17H17N6O6+. The number of carbonyl (C=O) groups is 1. The number of nitroso groups, excluding NO2 is 1. The summed E-state index contributed by atoms with van der Waals surface area (Å²) in [6.45, 7) is 0. The maximum Gasteiger partial charge on any atom is 0.343 e. The number of esters is 1. The van der Waals surface area contributed by atoms with Gasteiger partial charge in [0.2, 0.25) is 5.75 Å². The van der Waals surface area contributed by atoms with Gasteiger partial charge in [0.05, 0.1) is 35.1 Å². The lowest BCUT2D eigenvalue weighted by atomic mass is 10.1. The maximum atomic E-state index is 12.4. The van der Waals surface area contributed by atoms with Crippen molar-refractivity contribution in [2.24, 2.45) is 0 Å². The van der Waals surface area contributed by atoms with Gasteiger partial charge in [0.25, 0.3) is 4.98 Å². The fourth-order valence-corrected chi connectivity index (χ4v) is 2.05. The molecule has 0 atom stereocenters. The van der Waals surface area contributed by atoms with Crippen LogP contribution in [-0.4, -0.2) is 42.0 Å². The average molecular weight is 401 g/mol. The standard InChI is InChI=1S/C17H16N6O6/c1-19-13-6-4-11(5-7-13)17(24)28-15-9-16(29-20-23(27)21(2)3)14(22(25)26)8-12(15)10-18/h4-9H,1-3H3,(H-,19,20,24,27)/p+1. The highest BCUT2D eigenvalue weighted by atomic mass is 16.7. The smallest absolute Gasteiger partial charge is 0.343 e. The van der Waals surface area contributed by atoms with Crippen molar-refractivity contribution in [2.75, 3.05) is 26.5 Å². The molecule has 2 aromatic carbocycles. The molecule has 0 aliphatic rings. The van der Waals surface area contributed by atoms with Crippen molar-refractivity contribution in [3.63, 3.8) is 0 Å². The molecule has 12 nitrogen and oxygen atoms in total. The number of benzene rings is 2. The zero-order valence-corrected chi connectivity index (χ0v) is 15.7. The first-order chi connectivity index (χ1) is 13.8. The Bertz CT molecular complexity index is 983. The summed E-state index contributed by atoms with van der Waals surface area (Å²) in [5.41, 5.74) is 2.05. The molecule has 12 heteroatoms. The van der Waals surface area contributed by atoms with Crippen molar-refractivity contribution in [3.8, 4) is 17.6 Å². The summed E-state index contributed by atoms with van der Waals surface area (Å²) in [4.78, 5) is 39.4. The van der Waals surface area contributed by atoms with Crippen molar-refractivity contribution in [1.29, 1.82) is 5.26 Å². The summed E-state index contributed by atoms with van der Waals surface area (Å²) in [7, 11) is 4.53. The second kappa shape index (κ2) is 9.00. The topological polar surface area (TPSA) is 150 Å². The van der Waals surface area contributed by atoms with Crippen LogP contribution in [0.4, 0.5) is 11.4 Å². The quantitative estimate of drug-likeness (QED) is 0.220. The van der Waals surface area contributed by atoms with Gasteiger partial charge in [0, 0.05) is 24.9 Å². The monoisotopic (exact) mass is 401 g/mol. The van der Waals surface area contributed by atoms with E-state index in [0.717, 1.165) is 22.8 Å². The largest absolute Gasteiger partial charge is 0.421 e. The van der Waals surface area contributed by atoms with Gasteiger partial charge in [-0.25, -0.2) is 4.79 Å². The van der Waals surface area contributed by atoms with Crippen LogP contribution in [0.15, 0.2) is 36.4 Å². The van der Waals surface area contributed by atoms with Gasteiger partial charge in [0.15, 0.2) is 5.75 Å². The zero-order valence-electron chi connectivity index (χ0n) is 15.7. The Labute approximate surface area is 164 Å². The number of nitro groups is 1. The van der Waals surface area contributed by atoms with Crippen LogP contribution in [0.2, 0.25) is 0 Å². The molecule has 0 unspecified atom stereocenters. The van der Waals surface area contributed by atoms with Gasteiger partial charge in [-0.2, -0.15) is 5.26 Å². The molecule has 0 radical (unpaired) electrons. The minimum atomic E-state index is -0.801. The molecule has 0 spiro atoms. The highest BCUT2D eigenvalue weighted by Crippen LogP contribution is 2.34. The average Bonchev–Trinajstić information content (AvgIpc) is 2.71. The lowest BCUT2D eigenvalue weighted by molar-refractivity contribution is -0.772. The lowest BCUT2D eigenvalue weighted by Gasteiger charge is -2.09. The number of hydrazine groups is 2. The van der Waals surface area contributed by atoms with Crippen LogP contribution < -0.4 is 20.5 Å². The van der Waals surface area contributed by atoms with E-state index in [4.69, 9.17) is 9.57 Å². The van der Waals surface area contributed by atoms with E-state index < -0.39 is 22.3 Å². The van der Waals surface area contributed by atoms with Crippen LogP contribution in [0.25, 0.3) is 0 Å². The van der Waals surface area contributed by atoms with Crippen molar-refractivity contribution >= 4 is 17.3 Å². The number of anilines is 1. The molecule has 0 aliphatic carbocycles. The van der Waals surface area contributed by atoms with Crippen LogP contribution in [0.5, 0.6) is 11.5 Å².